The van der Waals surface area contributed by atoms with E-state index in [9.17, 15) is 13.6 Å². The van der Waals surface area contributed by atoms with Gasteiger partial charge in [0.15, 0.2) is 0 Å². The largest absolute Gasteiger partial charge is 0.443 e. The predicted molar refractivity (Wildman–Crippen MR) is 123 cm³/mol. The van der Waals surface area contributed by atoms with Gasteiger partial charge in [0.2, 0.25) is 0 Å². The van der Waals surface area contributed by atoms with Crippen LogP contribution in [0.25, 0.3) is 10.9 Å². The lowest BCUT2D eigenvalue weighted by molar-refractivity contribution is 0.0406. The van der Waals surface area contributed by atoms with Gasteiger partial charge in [-0.3, -0.25) is 4.90 Å². The molecule has 3 aromatic rings. The van der Waals surface area contributed by atoms with Crippen LogP contribution >= 0.6 is 27.3 Å². The third kappa shape index (κ3) is 4.30. The SMILES string of the molecule is C[C@@H]1Cc2c(n(C(=O)OC(C)(C)C)c3ccccc23)[C@@H](c2ccc(Br)s2)N1CC(F)F. The number of carbonyl (C=O) groups excluding carboxylic acids is 1. The first-order valence-electron chi connectivity index (χ1n) is 10.2. The van der Waals surface area contributed by atoms with Gasteiger partial charge >= 0.3 is 6.09 Å². The van der Waals surface area contributed by atoms with Gasteiger partial charge in [0.25, 0.3) is 6.43 Å². The van der Waals surface area contributed by atoms with Crippen LogP contribution in [-0.2, 0) is 11.2 Å². The molecule has 0 bridgehead atoms. The highest BCUT2D eigenvalue weighted by Crippen LogP contribution is 2.45. The average Bonchev–Trinajstić information content (AvgIpc) is 3.22. The van der Waals surface area contributed by atoms with Crippen LogP contribution in [0.5, 0.6) is 0 Å². The maximum Gasteiger partial charge on any atom is 0.419 e. The molecule has 2 aromatic heterocycles. The topological polar surface area (TPSA) is 34.5 Å². The number of benzene rings is 1. The minimum absolute atomic E-state index is 0.106. The lowest BCUT2D eigenvalue weighted by Gasteiger charge is -2.40. The molecule has 0 unspecified atom stereocenters. The molecule has 3 heterocycles. The predicted octanol–water partition coefficient (Wildman–Crippen LogP) is 6.85. The van der Waals surface area contributed by atoms with Crippen LogP contribution in [0.1, 0.15) is 49.9 Å². The summed E-state index contributed by atoms with van der Waals surface area (Å²) in [6.45, 7) is 7.07. The second kappa shape index (κ2) is 8.30. The molecule has 0 radical (unpaired) electrons. The summed E-state index contributed by atoms with van der Waals surface area (Å²) in [7, 11) is 0. The lowest BCUT2D eigenvalue weighted by atomic mass is 9.91. The van der Waals surface area contributed by atoms with E-state index in [1.165, 1.54) is 11.3 Å². The summed E-state index contributed by atoms with van der Waals surface area (Å²) < 4.78 is 35.5. The summed E-state index contributed by atoms with van der Waals surface area (Å²) in [5.41, 5.74) is 1.81. The summed E-state index contributed by atoms with van der Waals surface area (Å²) in [4.78, 5) is 16.1. The first kappa shape index (κ1) is 22.4. The molecule has 0 amide bonds. The van der Waals surface area contributed by atoms with Gasteiger partial charge in [0.05, 0.1) is 27.6 Å². The molecule has 31 heavy (non-hydrogen) atoms. The second-order valence-corrected chi connectivity index (χ2v) is 11.4. The van der Waals surface area contributed by atoms with E-state index >= 15 is 0 Å². The van der Waals surface area contributed by atoms with E-state index in [0.29, 0.717) is 6.42 Å². The molecule has 0 saturated carbocycles. The Labute approximate surface area is 192 Å². The molecule has 1 aliphatic rings. The van der Waals surface area contributed by atoms with Crippen molar-refractivity contribution in [1.29, 1.82) is 0 Å². The zero-order valence-corrected chi connectivity index (χ0v) is 20.3. The number of fused-ring (bicyclic) bond motifs is 3. The van der Waals surface area contributed by atoms with E-state index in [2.05, 4.69) is 15.9 Å². The van der Waals surface area contributed by atoms with Crippen molar-refractivity contribution in [2.45, 2.75) is 58.2 Å². The highest BCUT2D eigenvalue weighted by Gasteiger charge is 2.41. The Balaban J connectivity index is 2.00. The number of halogens is 3. The number of ether oxygens (including phenoxy) is 1. The van der Waals surface area contributed by atoms with Crippen LogP contribution in [0.3, 0.4) is 0 Å². The zero-order chi connectivity index (χ0) is 22.5. The Morgan fingerprint density at radius 3 is 2.58 bits per heavy atom. The van der Waals surface area contributed by atoms with Gasteiger partial charge in [-0.15, -0.1) is 11.3 Å². The smallest absolute Gasteiger partial charge is 0.419 e. The highest BCUT2D eigenvalue weighted by molar-refractivity contribution is 9.11. The normalized spacial score (nSPS) is 19.7. The number of carbonyl (C=O) groups is 1. The minimum Gasteiger partial charge on any atom is -0.443 e. The fraction of sp³-hybridized carbons (Fsp3) is 0.435. The number of rotatable bonds is 3. The molecule has 0 aliphatic carbocycles. The van der Waals surface area contributed by atoms with E-state index in [1.54, 1.807) is 4.57 Å². The van der Waals surface area contributed by atoms with Crippen LogP contribution < -0.4 is 0 Å². The van der Waals surface area contributed by atoms with Crippen LogP contribution in [0, 0.1) is 0 Å². The first-order chi connectivity index (χ1) is 14.6. The molecule has 4 nitrogen and oxygen atoms in total. The highest BCUT2D eigenvalue weighted by atomic mass is 79.9. The number of nitrogens with zero attached hydrogens (tertiary/aromatic N) is 2. The van der Waals surface area contributed by atoms with Crippen molar-refractivity contribution >= 4 is 44.3 Å². The van der Waals surface area contributed by atoms with Crippen molar-refractivity contribution in [1.82, 2.24) is 9.47 Å². The van der Waals surface area contributed by atoms with Gasteiger partial charge in [0.1, 0.15) is 5.60 Å². The number of para-hydroxylation sites is 1. The number of hydrogen-bond donors (Lipinski definition) is 0. The van der Waals surface area contributed by atoms with Crippen molar-refractivity contribution in [2.75, 3.05) is 6.54 Å². The fourth-order valence-electron chi connectivity index (χ4n) is 4.37. The Kier molecular flexibility index (Phi) is 6.00. The zero-order valence-electron chi connectivity index (χ0n) is 17.9. The number of alkyl halides is 2. The van der Waals surface area contributed by atoms with Crippen molar-refractivity contribution in [2.24, 2.45) is 0 Å². The molecule has 2 atom stereocenters. The molecule has 4 rings (SSSR count). The first-order valence-corrected chi connectivity index (χ1v) is 11.8. The third-order valence-corrected chi connectivity index (χ3v) is 7.14. The van der Waals surface area contributed by atoms with Gasteiger partial charge in [-0.25, -0.2) is 18.1 Å². The molecular weight excluding hydrogens is 486 g/mol. The average molecular weight is 511 g/mol. The van der Waals surface area contributed by atoms with Crippen LogP contribution in [0.15, 0.2) is 40.2 Å². The molecular formula is C23H25BrF2N2O2S. The summed E-state index contributed by atoms with van der Waals surface area (Å²) >= 11 is 5.00. The van der Waals surface area contributed by atoms with E-state index in [1.807, 2.05) is 69.0 Å². The molecule has 0 saturated heterocycles. The third-order valence-electron chi connectivity index (χ3n) is 5.46. The van der Waals surface area contributed by atoms with Crippen molar-refractivity contribution in [3.63, 3.8) is 0 Å². The number of thiophene rings is 1. The van der Waals surface area contributed by atoms with Crippen molar-refractivity contribution in [3.8, 4) is 0 Å². The Morgan fingerprint density at radius 2 is 1.97 bits per heavy atom. The molecule has 166 valence electrons. The molecule has 1 aromatic carbocycles. The van der Waals surface area contributed by atoms with E-state index < -0.39 is 24.2 Å². The molecule has 1 aliphatic heterocycles. The van der Waals surface area contributed by atoms with E-state index in [0.717, 1.165) is 30.8 Å². The van der Waals surface area contributed by atoms with Gasteiger partial charge in [0, 0.05) is 16.3 Å². The second-order valence-electron chi connectivity index (χ2n) is 8.88. The number of hydrogen-bond acceptors (Lipinski definition) is 4. The minimum atomic E-state index is -2.48. The van der Waals surface area contributed by atoms with Crippen LogP contribution in [-0.4, -0.2) is 40.2 Å². The molecule has 0 fully saturated rings. The Morgan fingerprint density at radius 1 is 1.26 bits per heavy atom. The van der Waals surface area contributed by atoms with Crippen molar-refractivity contribution in [3.05, 3.63) is 56.3 Å². The van der Waals surface area contributed by atoms with E-state index in [4.69, 9.17) is 4.74 Å². The fourth-order valence-corrected chi connectivity index (χ4v) is 5.92. The quantitative estimate of drug-likeness (QED) is 0.386. The molecule has 8 heteroatoms. The van der Waals surface area contributed by atoms with Gasteiger partial charge in [-0.1, -0.05) is 18.2 Å². The van der Waals surface area contributed by atoms with E-state index in [-0.39, 0.29) is 12.6 Å². The van der Waals surface area contributed by atoms with Crippen LogP contribution in [0.4, 0.5) is 13.6 Å². The molecule has 0 spiro atoms. The van der Waals surface area contributed by atoms with Gasteiger partial charge in [-0.2, -0.15) is 0 Å². The Bertz CT molecular complexity index is 1120. The standard InChI is InChI=1S/C23H25BrF2N2O2S/c1-13-11-15-14-7-5-6-8-16(14)28(22(29)30-23(2,3)4)20(15)21(27(13)12-19(25)26)17-9-10-18(24)31-17/h5-10,13,19,21H,11-12H2,1-4H3/t13-,21-/m1/s1. The maximum atomic E-state index is 13.6. The summed E-state index contributed by atoms with van der Waals surface area (Å²) in [5.74, 6) is 0. The van der Waals surface area contributed by atoms with Crippen molar-refractivity contribution < 1.29 is 18.3 Å². The molecule has 0 N–H and O–H groups in total. The Hall–Kier alpha value is -1.77. The van der Waals surface area contributed by atoms with Gasteiger partial charge in [-0.05, 0) is 73.8 Å². The monoisotopic (exact) mass is 510 g/mol. The number of aromatic nitrogens is 1. The summed E-state index contributed by atoms with van der Waals surface area (Å²) in [5, 5.41) is 0.965. The summed E-state index contributed by atoms with van der Waals surface area (Å²) in [6.07, 6.45) is -2.38. The van der Waals surface area contributed by atoms with Gasteiger partial charge < -0.3 is 4.74 Å². The van der Waals surface area contributed by atoms with Crippen LogP contribution in [0.2, 0.25) is 0 Å². The maximum absolute atomic E-state index is 13.6. The lowest BCUT2D eigenvalue weighted by Crippen LogP contribution is -2.45. The summed E-state index contributed by atoms with van der Waals surface area (Å²) in [6, 6.07) is 11.0.